The van der Waals surface area contributed by atoms with Gasteiger partial charge in [-0.05, 0) is 36.9 Å². The second-order valence-electron chi connectivity index (χ2n) is 7.79. The zero-order chi connectivity index (χ0) is 20.5. The molecule has 0 saturated carbocycles. The lowest BCUT2D eigenvalue weighted by atomic mass is 10.1. The summed E-state index contributed by atoms with van der Waals surface area (Å²) in [5.41, 5.74) is 2.58. The van der Waals surface area contributed by atoms with Crippen LogP contribution in [0.2, 0.25) is 0 Å². The molecule has 3 rings (SSSR count). The second-order valence-corrected chi connectivity index (χ2v) is 7.79. The molecule has 0 amide bonds. The van der Waals surface area contributed by atoms with Crippen LogP contribution in [0.25, 0.3) is 0 Å². The highest BCUT2D eigenvalue weighted by atomic mass is 16.5. The zero-order valence-electron chi connectivity index (χ0n) is 18.0. The fourth-order valence-electron chi connectivity index (χ4n) is 4.00. The molecule has 1 aliphatic rings. The number of benzene rings is 2. The Morgan fingerprint density at radius 1 is 1.17 bits per heavy atom. The predicted molar refractivity (Wildman–Crippen MR) is 121 cm³/mol. The molecular weight excluding hydrogens is 360 g/mol. The fourth-order valence-corrected chi connectivity index (χ4v) is 4.00. The lowest BCUT2D eigenvalue weighted by molar-refractivity contribution is 0.327. The first-order chi connectivity index (χ1) is 14.2. The summed E-state index contributed by atoms with van der Waals surface area (Å²) >= 11 is 0. The summed E-state index contributed by atoms with van der Waals surface area (Å²) in [6, 6.07) is 18.9. The number of aliphatic imine (C=N–C) groups is 1. The van der Waals surface area contributed by atoms with Crippen LogP contribution in [0.5, 0.6) is 5.75 Å². The van der Waals surface area contributed by atoms with E-state index >= 15 is 0 Å². The van der Waals surface area contributed by atoms with Crippen molar-refractivity contribution in [1.29, 1.82) is 0 Å². The first-order valence-electron chi connectivity index (χ1n) is 10.5. The van der Waals surface area contributed by atoms with E-state index in [2.05, 4.69) is 63.6 Å². The van der Waals surface area contributed by atoms with Gasteiger partial charge in [-0.2, -0.15) is 0 Å². The van der Waals surface area contributed by atoms with Crippen molar-refractivity contribution in [2.75, 3.05) is 47.4 Å². The number of rotatable bonds is 8. The maximum absolute atomic E-state index is 5.48. The van der Waals surface area contributed by atoms with Crippen molar-refractivity contribution in [3.05, 3.63) is 65.7 Å². The molecule has 2 aromatic rings. The number of ether oxygens (including phenoxy) is 1. The van der Waals surface area contributed by atoms with E-state index in [0.717, 1.165) is 49.9 Å². The SMILES string of the molecule is CN=C(NCC1CCN(CCc2ccccc2)C1)N(C)Cc1ccccc1OC. The van der Waals surface area contributed by atoms with Gasteiger partial charge >= 0.3 is 0 Å². The van der Waals surface area contributed by atoms with Crippen LogP contribution in [-0.4, -0.2) is 63.1 Å². The molecule has 1 fully saturated rings. The van der Waals surface area contributed by atoms with Crippen LogP contribution < -0.4 is 10.1 Å². The van der Waals surface area contributed by atoms with Gasteiger partial charge in [-0.25, -0.2) is 0 Å². The molecule has 5 heteroatoms. The van der Waals surface area contributed by atoms with E-state index in [1.54, 1.807) is 7.11 Å². The average Bonchev–Trinajstić information content (AvgIpc) is 3.21. The number of methoxy groups -OCH3 is 1. The van der Waals surface area contributed by atoms with E-state index in [1.807, 2.05) is 25.2 Å². The van der Waals surface area contributed by atoms with E-state index in [4.69, 9.17) is 4.74 Å². The van der Waals surface area contributed by atoms with Gasteiger partial charge in [0.15, 0.2) is 5.96 Å². The zero-order valence-corrected chi connectivity index (χ0v) is 18.0. The van der Waals surface area contributed by atoms with Crippen molar-refractivity contribution in [2.24, 2.45) is 10.9 Å². The third-order valence-corrected chi connectivity index (χ3v) is 5.65. The Hall–Kier alpha value is -2.53. The largest absolute Gasteiger partial charge is 0.496 e. The molecule has 0 aromatic heterocycles. The van der Waals surface area contributed by atoms with Gasteiger partial charge in [0.2, 0.25) is 0 Å². The molecule has 1 N–H and O–H groups in total. The highest BCUT2D eigenvalue weighted by Crippen LogP contribution is 2.19. The number of guanidine groups is 1. The molecule has 2 aromatic carbocycles. The van der Waals surface area contributed by atoms with E-state index in [1.165, 1.54) is 18.5 Å². The molecule has 1 heterocycles. The topological polar surface area (TPSA) is 40.1 Å². The molecular formula is C24H34N4O. The van der Waals surface area contributed by atoms with Gasteiger partial charge in [-0.3, -0.25) is 4.99 Å². The standard InChI is InChI=1S/C24H34N4O/c1-25-24(27(2)19-22-11-7-8-12-23(22)29-3)26-17-21-14-16-28(18-21)15-13-20-9-5-4-6-10-20/h4-12,21H,13-19H2,1-3H3,(H,25,26). The molecule has 1 atom stereocenters. The lowest BCUT2D eigenvalue weighted by Gasteiger charge is -2.24. The summed E-state index contributed by atoms with van der Waals surface area (Å²) < 4.78 is 5.48. The van der Waals surface area contributed by atoms with Crippen molar-refractivity contribution < 1.29 is 4.74 Å². The molecule has 0 bridgehead atoms. The van der Waals surface area contributed by atoms with Crippen molar-refractivity contribution in [1.82, 2.24) is 15.1 Å². The summed E-state index contributed by atoms with van der Waals surface area (Å²) in [4.78, 5) is 9.21. The Labute approximate surface area is 175 Å². The second kappa shape index (κ2) is 10.9. The summed E-state index contributed by atoms with van der Waals surface area (Å²) in [5, 5.41) is 3.57. The summed E-state index contributed by atoms with van der Waals surface area (Å²) in [6.45, 7) is 5.22. The lowest BCUT2D eigenvalue weighted by Crippen LogP contribution is -2.41. The molecule has 29 heavy (non-hydrogen) atoms. The Morgan fingerprint density at radius 2 is 1.93 bits per heavy atom. The summed E-state index contributed by atoms with van der Waals surface area (Å²) in [7, 11) is 5.64. The van der Waals surface area contributed by atoms with E-state index in [-0.39, 0.29) is 0 Å². The minimum absolute atomic E-state index is 0.669. The highest BCUT2D eigenvalue weighted by Gasteiger charge is 2.22. The maximum atomic E-state index is 5.48. The van der Waals surface area contributed by atoms with Crippen molar-refractivity contribution in [3.63, 3.8) is 0 Å². The summed E-state index contributed by atoms with van der Waals surface area (Å²) in [5.74, 6) is 2.51. The van der Waals surface area contributed by atoms with Gasteiger partial charge in [-0.1, -0.05) is 48.5 Å². The van der Waals surface area contributed by atoms with E-state index < -0.39 is 0 Å². The number of nitrogens with one attached hydrogen (secondary N) is 1. The van der Waals surface area contributed by atoms with Crippen molar-refractivity contribution in [3.8, 4) is 5.75 Å². The minimum atomic E-state index is 0.669. The van der Waals surface area contributed by atoms with Gasteiger partial charge < -0.3 is 19.9 Å². The van der Waals surface area contributed by atoms with Crippen molar-refractivity contribution >= 4 is 5.96 Å². The van der Waals surface area contributed by atoms with Gasteiger partial charge in [0.05, 0.1) is 7.11 Å². The van der Waals surface area contributed by atoms with Crippen LogP contribution in [0, 0.1) is 5.92 Å². The minimum Gasteiger partial charge on any atom is -0.496 e. The van der Waals surface area contributed by atoms with Crippen LogP contribution in [0.4, 0.5) is 0 Å². The van der Waals surface area contributed by atoms with Gasteiger partial charge in [0, 0.05) is 45.8 Å². The Morgan fingerprint density at radius 3 is 2.69 bits per heavy atom. The van der Waals surface area contributed by atoms with E-state index in [0.29, 0.717) is 5.92 Å². The molecule has 1 aliphatic heterocycles. The van der Waals surface area contributed by atoms with Crippen LogP contribution in [0.15, 0.2) is 59.6 Å². The van der Waals surface area contributed by atoms with Crippen molar-refractivity contribution in [2.45, 2.75) is 19.4 Å². The number of hydrogen-bond donors (Lipinski definition) is 1. The number of nitrogens with zero attached hydrogens (tertiary/aromatic N) is 3. The highest BCUT2D eigenvalue weighted by molar-refractivity contribution is 5.79. The third kappa shape index (κ3) is 6.23. The molecule has 1 unspecified atom stereocenters. The first kappa shape index (κ1) is 21.2. The molecule has 0 spiro atoms. The Bertz CT molecular complexity index is 777. The van der Waals surface area contributed by atoms with Gasteiger partial charge in [-0.15, -0.1) is 0 Å². The van der Waals surface area contributed by atoms with E-state index in [9.17, 15) is 0 Å². The van der Waals surface area contributed by atoms with Gasteiger partial charge in [0.25, 0.3) is 0 Å². The third-order valence-electron chi connectivity index (χ3n) is 5.65. The Balaban J connectivity index is 1.43. The number of para-hydroxylation sites is 1. The van der Waals surface area contributed by atoms with Crippen LogP contribution in [-0.2, 0) is 13.0 Å². The molecule has 1 saturated heterocycles. The van der Waals surface area contributed by atoms with Crippen LogP contribution in [0.3, 0.4) is 0 Å². The quantitative estimate of drug-likeness (QED) is 0.551. The van der Waals surface area contributed by atoms with Crippen LogP contribution >= 0.6 is 0 Å². The maximum Gasteiger partial charge on any atom is 0.193 e. The number of likely N-dealkylation sites (tertiary alicyclic amines) is 1. The number of hydrogen-bond acceptors (Lipinski definition) is 3. The molecule has 0 radical (unpaired) electrons. The predicted octanol–water partition coefficient (Wildman–Crippen LogP) is 3.27. The monoisotopic (exact) mass is 394 g/mol. The average molecular weight is 395 g/mol. The first-order valence-corrected chi connectivity index (χ1v) is 10.5. The van der Waals surface area contributed by atoms with Crippen LogP contribution in [0.1, 0.15) is 17.5 Å². The van der Waals surface area contributed by atoms with Gasteiger partial charge in [0.1, 0.15) is 5.75 Å². The Kier molecular flexibility index (Phi) is 7.94. The molecule has 0 aliphatic carbocycles. The smallest absolute Gasteiger partial charge is 0.193 e. The summed E-state index contributed by atoms with van der Waals surface area (Å²) in [6.07, 6.45) is 2.37. The molecule has 156 valence electrons. The molecule has 5 nitrogen and oxygen atoms in total. The normalized spacial score (nSPS) is 17.3. The fraction of sp³-hybridized carbons (Fsp3) is 0.458.